The van der Waals surface area contributed by atoms with Crippen LogP contribution in [-0.4, -0.2) is 15.0 Å². The van der Waals surface area contributed by atoms with Crippen molar-refractivity contribution in [2.24, 2.45) is 0 Å². The van der Waals surface area contributed by atoms with Crippen molar-refractivity contribution >= 4 is 28.8 Å². The number of aromatic nitrogens is 3. The smallest absolute Gasteiger partial charge is 0.149 e. The largest absolute Gasteiger partial charge is 0.364 e. The van der Waals surface area contributed by atoms with Crippen LogP contribution in [0, 0.1) is 6.92 Å². The highest BCUT2D eigenvalue weighted by molar-refractivity contribution is 7.09. The molecule has 0 radical (unpaired) electrons. The average molecular weight is 241 g/mol. The molecule has 0 saturated heterocycles. The number of halogens is 1. The number of hydrogen-bond acceptors (Lipinski definition) is 5. The first-order valence-electron chi connectivity index (χ1n) is 4.36. The molecule has 4 nitrogen and oxygen atoms in total. The Kier molecular flexibility index (Phi) is 3.13. The van der Waals surface area contributed by atoms with Crippen LogP contribution in [0.4, 0.5) is 5.82 Å². The standard InChI is InChI=1S/C9H9ClN4S/c1-6-7(15-5-13-6)2-12-9-4-11-3-8(10)14-9/h3-5H,2H2,1H3,(H,12,14). The van der Waals surface area contributed by atoms with Crippen molar-refractivity contribution in [1.82, 2.24) is 15.0 Å². The topological polar surface area (TPSA) is 50.7 Å². The van der Waals surface area contributed by atoms with E-state index < -0.39 is 0 Å². The second-order valence-corrected chi connectivity index (χ2v) is 4.27. The van der Waals surface area contributed by atoms with Gasteiger partial charge < -0.3 is 5.32 Å². The highest BCUT2D eigenvalue weighted by Gasteiger charge is 2.01. The van der Waals surface area contributed by atoms with Crippen LogP contribution >= 0.6 is 22.9 Å². The Labute approximate surface area is 96.4 Å². The number of anilines is 1. The Balaban J connectivity index is 2.02. The Hall–Kier alpha value is -1.20. The number of rotatable bonds is 3. The summed E-state index contributed by atoms with van der Waals surface area (Å²) < 4.78 is 0. The number of hydrogen-bond donors (Lipinski definition) is 1. The molecular weight excluding hydrogens is 232 g/mol. The molecule has 0 amide bonds. The van der Waals surface area contributed by atoms with Crippen molar-refractivity contribution < 1.29 is 0 Å². The van der Waals surface area contributed by atoms with Gasteiger partial charge in [-0.05, 0) is 6.92 Å². The summed E-state index contributed by atoms with van der Waals surface area (Å²) in [5, 5.41) is 3.53. The predicted molar refractivity (Wildman–Crippen MR) is 61.2 cm³/mol. The van der Waals surface area contributed by atoms with Crippen molar-refractivity contribution in [3.05, 3.63) is 33.6 Å². The van der Waals surface area contributed by atoms with Crippen LogP contribution in [0.15, 0.2) is 17.9 Å². The maximum Gasteiger partial charge on any atom is 0.149 e. The summed E-state index contributed by atoms with van der Waals surface area (Å²) in [6.45, 7) is 2.68. The second kappa shape index (κ2) is 4.55. The minimum Gasteiger partial charge on any atom is -0.364 e. The summed E-state index contributed by atoms with van der Waals surface area (Å²) in [5.74, 6) is 0.676. The van der Waals surface area contributed by atoms with E-state index in [0.717, 1.165) is 5.69 Å². The second-order valence-electron chi connectivity index (χ2n) is 2.94. The number of thiazole rings is 1. The monoisotopic (exact) mass is 240 g/mol. The van der Waals surface area contributed by atoms with Crippen LogP contribution in [0.25, 0.3) is 0 Å². The van der Waals surface area contributed by atoms with Crippen LogP contribution in [0.5, 0.6) is 0 Å². The van der Waals surface area contributed by atoms with Crippen molar-refractivity contribution in [3.8, 4) is 0 Å². The summed E-state index contributed by atoms with van der Waals surface area (Å²) in [6.07, 6.45) is 3.15. The lowest BCUT2D eigenvalue weighted by Crippen LogP contribution is -2.01. The highest BCUT2D eigenvalue weighted by Crippen LogP contribution is 2.14. The molecule has 2 aromatic rings. The first-order chi connectivity index (χ1) is 7.25. The van der Waals surface area contributed by atoms with Gasteiger partial charge in [-0.15, -0.1) is 11.3 Å². The fourth-order valence-corrected chi connectivity index (χ4v) is 1.96. The van der Waals surface area contributed by atoms with E-state index in [0.29, 0.717) is 17.5 Å². The Morgan fingerprint density at radius 2 is 2.33 bits per heavy atom. The third-order valence-electron chi connectivity index (χ3n) is 1.88. The van der Waals surface area contributed by atoms with Gasteiger partial charge in [0.1, 0.15) is 11.0 Å². The molecule has 2 aromatic heterocycles. The fourth-order valence-electron chi connectivity index (χ4n) is 1.09. The van der Waals surface area contributed by atoms with Crippen molar-refractivity contribution in [2.45, 2.75) is 13.5 Å². The van der Waals surface area contributed by atoms with Crippen LogP contribution in [0.3, 0.4) is 0 Å². The van der Waals surface area contributed by atoms with Crippen LogP contribution in [0.1, 0.15) is 10.6 Å². The molecule has 2 rings (SSSR count). The number of nitrogens with one attached hydrogen (secondary N) is 1. The summed E-state index contributed by atoms with van der Waals surface area (Å²) in [5.41, 5.74) is 2.87. The average Bonchev–Trinajstić information content (AvgIpc) is 2.61. The fraction of sp³-hybridized carbons (Fsp3) is 0.222. The zero-order chi connectivity index (χ0) is 10.7. The Bertz CT molecular complexity index is 457. The predicted octanol–water partition coefficient (Wildman–Crippen LogP) is 2.51. The Morgan fingerprint density at radius 1 is 1.47 bits per heavy atom. The van der Waals surface area contributed by atoms with Crippen molar-refractivity contribution in [2.75, 3.05) is 5.32 Å². The van der Waals surface area contributed by atoms with Crippen LogP contribution in [-0.2, 0) is 6.54 Å². The molecule has 0 aliphatic carbocycles. The molecule has 0 saturated carbocycles. The van der Waals surface area contributed by atoms with E-state index in [9.17, 15) is 0 Å². The van der Waals surface area contributed by atoms with E-state index in [4.69, 9.17) is 11.6 Å². The van der Waals surface area contributed by atoms with E-state index in [1.54, 1.807) is 17.5 Å². The molecule has 0 aromatic carbocycles. The molecule has 0 fully saturated rings. The Morgan fingerprint density at radius 3 is 3.00 bits per heavy atom. The SMILES string of the molecule is Cc1ncsc1CNc1cncc(Cl)n1. The molecule has 0 aliphatic heterocycles. The molecule has 15 heavy (non-hydrogen) atoms. The zero-order valence-electron chi connectivity index (χ0n) is 8.07. The minimum absolute atomic E-state index is 0.390. The maximum atomic E-state index is 5.71. The molecule has 0 unspecified atom stereocenters. The zero-order valence-corrected chi connectivity index (χ0v) is 9.64. The van der Waals surface area contributed by atoms with Gasteiger partial charge in [-0.2, -0.15) is 0 Å². The minimum atomic E-state index is 0.390. The van der Waals surface area contributed by atoms with E-state index in [1.807, 2.05) is 12.4 Å². The van der Waals surface area contributed by atoms with E-state index in [-0.39, 0.29) is 0 Å². The van der Waals surface area contributed by atoms with Crippen molar-refractivity contribution in [1.29, 1.82) is 0 Å². The lowest BCUT2D eigenvalue weighted by atomic mass is 10.4. The third-order valence-corrected chi connectivity index (χ3v) is 3.00. The highest BCUT2D eigenvalue weighted by atomic mass is 35.5. The normalized spacial score (nSPS) is 10.3. The number of aryl methyl sites for hydroxylation is 1. The van der Waals surface area contributed by atoms with Gasteiger partial charge in [-0.3, -0.25) is 4.98 Å². The summed E-state index contributed by atoms with van der Waals surface area (Å²) in [6, 6.07) is 0. The molecule has 1 N–H and O–H groups in total. The van der Waals surface area contributed by atoms with Gasteiger partial charge in [0.05, 0.1) is 30.1 Å². The van der Waals surface area contributed by atoms with Crippen LogP contribution in [0.2, 0.25) is 5.15 Å². The van der Waals surface area contributed by atoms with Gasteiger partial charge >= 0.3 is 0 Å². The quantitative estimate of drug-likeness (QED) is 0.896. The molecule has 0 bridgehead atoms. The van der Waals surface area contributed by atoms with Gasteiger partial charge in [0.2, 0.25) is 0 Å². The summed E-state index contributed by atoms with van der Waals surface area (Å²) in [4.78, 5) is 13.4. The van der Waals surface area contributed by atoms with Gasteiger partial charge in [0.25, 0.3) is 0 Å². The number of nitrogens with zero attached hydrogens (tertiary/aromatic N) is 3. The van der Waals surface area contributed by atoms with Gasteiger partial charge in [-0.25, -0.2) is 9.97 Å². The van der Waals surface area contributed by atoms with E-state index in [2.05, 4.69) is 20.3 Å². The van der Waals surface area contributed by atoms with Crippen LogP contribution < -0.4 is 5.32 Å². The molecule has 0 aliphatic rings. The third kappa shape index (κ3) is 2.64. The van der Waals surface area contributed by atoms with Gasteiger partial charge in [0.15, 0.2) is 0 Å². The first-order valence-corrected chi connectivity index (χ1v) is 5.62. The molecular formula is C9H9ClN4S. The maximum absolute atomic E-state index is 5.71. The van der Waals surface area contributed by atoms with Gasteiger partial charge in [0, 0.05) is 4.88 Å². The lowest BCUT2D eigenvalue weighted by Gasteiger charge is -2.03. The van der Waals surface area contributed by atoms with E-state index >= 15 is 0 Å². The first kappa shape index (κ1) is 10.3. The molecule has 2 heterocycles. The molecule has 0 atom stereocenters. The molecule has 6 heteroatoms. The van der Waals surface area contributed by atoms with Crippen molar-refractivity contribution in [3.63, 3.8) is 0 Å². The van der Waals surface area contributed by atoms with Gasteiger partial charge in [-0.1, -0.05) is 11.6 Å². The molecule has 0 spiro atoms. The summed E-state index contributed by atoms with van der Waals surface area (Å²) in [7, 11) is 0. The lowest BCUT2D eigenvalue weighted by molar-refractivity contribution is 1.08. The van der Waals surface area contributed by atoms with E-state index in [1.165, 1.54) is 11.1 Å². The molecule has 78 valence electrons. The summed E-state index contributed by atoms with van der Waals surface area (Å²) >= 11 is 7.33.